The molecule has 0 unspecified atom stereocenters. The number of carbonyl (C=O) groups excluding carboxylic acids is 3. The molecule has 0 bridgehead atoms. The van der Waals surface area contributed by atoms with E-state index in [1.165, 1.54) is 116 Å². The highest BCUT2D eigenvalue weighted by Crippen LogP contribution is 2.14. The zero-order valence-corrected chi connectivity index (χ0v) is 45.0. The van der Waals surface area contributed by atoms with Gasteiger partial charge in [0.15, 0.2) is 6.10 Å². The highest BCUT2D eigenvalue weighted by atomic mass is 16.6. The van der Waals surface area contributed by atoms with Crippen LogP contribution in [0.3, 0.4) is 0 Å². The molecule has 0 saturated heterocycles. The van der Waals surface area contributed by atoms with E-state index < -0.39 is 6.10 Å². The molecule has 0 N–H and O–H groups in total. The molecule has 0 saturated carbocycles. The molecule has 0 rings (SSSR count). The zero-order chi connectivity index (χ0) is 50.0. The number of allylic oxidation sites excluding steroid dienone is 16. The Kier molecular flexibility index (Phi) is 53.9. The van der Waals surface area contributed by atoms with E-state index in [4.69, 9.17) is 14.2 Å². The van der Waals surface area contributed by atoms with E-state index in [-0.39, 0.29) is 31.1 Å². The summed E-state index contributed by atoms with van der Waals surface area (Å²) < 4.78 is 16.8. The number of hydrogen-bond acceptors (Lipinski definition) is 6. The molecule has 394 valence electrons. The largest absolute Gasteiger partial charge is 0.462 e. The lowest BCUT2D eigenvalue weighted by Crippen LogP contribution is -2.30. The third-order valence-electron chi connectivity index (χ3n) is 12.0. The van der Waals surface area contributed by atoms with Crippen LogP contribution in [0.25, 0.3) is 0 Å². The first-order valence-electron chi connectivity index (χ1n) is 28.7. The first-order valence-corrected chi connectivity index (χ1v) is 28.7. The van der Waals surface area contributed by atoms with Crippen LogP contribution in [0.4, 0.5) is 0 Å². The average molecular weight is 960 g/mol. The Morgan fingerprint density at radius 2 is 0.565 bits per heavy atom. The summed E-state index contributed by atoms with van der Waals surface area (Å²) in [6.07, 6.45) is 75.4. The fourth-order valence-electron chi connectivity index (χ4n) is 7.73. The Balaban J connectivity index is 4.48. The van der Waals surface area contributed by atoms with Gasteiger partial charge in [0.25, 0.3) is 0 Å². The normalized spacial score (nSPS) is 12.8. The van der Waals surface area contributed by atoms with E-state index in [1.54, 1.807) is 0 Å². The average Bonchev–Trinajstić information content (AvgIpc) is 3.35. The minimum atomic E-state index is -0.806. The van der Waals surface area contributed by atoms with Gasteiger partial charge in [-0.25, -0.2) is 0 Å². The molecule has 0 spiro atoms. The van der Waals surface area contributed by atoms with Crippen LogP contribution < -0.4 is 0 Å². The summed E-state index contributed by atoms with van der Waals surface area (Å²) in [5, 5.41) is 0. The first-order chi connectivity index (χ1) is 34.0. The van der Waals surface area contributed by atoms with Crippen molar-refractivity contribution >= 4 is 17.9 Å². The molecule has 0 fully saturated rings. The van der Waals surface area contributed by atoms with Gasteiger partial charge in [0.1, 0.15) is 13.2 Å². The van der Waals surface area contributed by atoms with E-state index in [9.17, 15) is 14.4 Å². The van der Waals surface area contributed by atoms with Crippen molar-refractivity contribution in [3.05, 3.63) is 97.2 Å². The number of esters is 3. The summed E-state index contributed by atoms with van der Waals surface area (Å²) in [5.74, 6) is -0.965. The molecule has 1 atom stereocenters. The van der Waals surface area contributed by atoms with Crippen LogP contribution in [-0.2, 0) is 28.6 Å². The van der Waals surface area contributed by atoms with E-state index in [1.807, 2.05) is 0 Å². The Hall–Kier alpha value is -3.67. The SMILES string of the molecule is CC/C=C\C/C=C\C/C=C\C/C=C\CCCCC(=O)OC[C@H](COC(=O)CCCCCC/C=C\C/C=C\C/C=C\CCCCC)OC(=O)CCCCCCCCCCC/C=C\CCCCCCCC. The predicted molar refractivity (Wildman–Crippen MR) is 297 cm³/mol. The fraction of sp³-hybridized carbons (Fsp3) is 0.698. The minimum absolute atomic E-state index is 0.104. The van der Waals surface area contributed by atoms with Gasteiger partial charge in [0.05, 0.1) is 0 Å². The van der Waals surface area contributed by atoms with Gasteiger partial charge in [-0.05, 0) is 122 Å². The molecule has 0 heterocycles. The molecule has 69 heavy (non-hydrogen) atoms. The minimum Gasteiger partial charge on any atom is -0.462 e. The van der Waals surface area contributed by atoms with Crippen LogP contribution >= 0.6 is 0 Å². The lowest BCUT2D eigenvalue weighted by Gasteiger charge is -2.18. The van der Waals surface area contributed by atoms with Gasteiger partial charge in [-0.3, -0.25) is 14.4 Å². The molecular formula is C63H106O6. The molecule has 6 heteroatoms. The fourth-order valence-corrected chi connectivity index (χ4v) is 7.73. The first kappa shape index (κ1) is 65.3. The standard InChI is InChI=1S/C63H106O6/c1-4-7-10-13-16-19-22-25-28-30-31-33-36-39-42-45-48-51-54-57-63(66)69-60(58-67-61(64)55-52-49-46-43-40-37-34-27-24-21-18-15-12-9-6-3)59-68-62(65)56-53-50-47-44-41-38-35-32-29-26-23-20-17-14-11-8-5-2/h9,12,17-18,20-21,25-29,34-35,38,40,43,60H,4-8,10-11,13-16,19,22-24,30-33,36-37,39,41-42,44-59H2,1-3H3/b12-9-,20-17-,21-18-,28-25-,29-26-,34-27-,38-35-,43-40-/t60-/m1/s1. The Morgan fingerprint density at radius 3 is 0.957 bits per heavy atom. The predicted octanol–water partition coefficient (Wildman–Crippen LogP) is 19.3. The highest BCUT2D eigenvalue weighted by molar-refractivity contribution is 5.71. The Bertz CT molecular complexity index is 1380. The summed E-state index contributed by atoms with van der Waals surface area (Å²) in [6, 6.07) is 0. The lowest BCUT2D eigenvalue weighted by atomic mass is 10.1. The molecule has 0 aliphatic carbocycles. The summed E-state index contributed by atoms with van der Waals surface area (Å²) in [7, 11) is 0. The van der Waals surface area contributed by atoms with Crippen molar-refractivity contribution in [2.75, 3.05) is 13.2 Å². The number of unbranched alkanes of at least 4 members (excludes halogenated alkanes) is 24. The van der Waals surface area contributed by atoms with Crippen LogP contribution in [-0.4, -0.2) is 37.2 Å². The summed E-state index contributed by atoms with van der Waals surface area (Å²) in [5.41, 5.74) is 0. The van der Waals surface area contributed by atoms with E-state index in [0.717, 1.165) is 109 Å². The summed E-state index contributed by atoms with van der Waals surface area (Å²) in [4.78, 5) is 38.1. The Morgan fingerprint density at radius 1 is 0.304 bits per heavy atom. The van der Waals surface area contributed by atoms with Crippen LogP contribution in [0.5, 0.6) is 0 Å². The molecule has 0 amide bonds. The van der Waals surface area contributed by atoms with Gasteiger partial charge >= 0.3 is 17.9 Å². The van der Waals surface area contributed by atoms with Gasteiger partial charge in [0.2, 0.25) is 0 Å². The van der Waals surface area contributed by atoms with Crippen molar-refractivity contribution < 1.29 is 28.6 Å². The maximum absolute atomic E-state index is 12.9. The van der Waals surface area contributed by atoms with Crippen molar-refractivity contribution in [3.8, 4) is 0 Å². The smallest absolute Gasteiger partial charge is 0.306 e. The molecule has 0 radical (unpaired) electrons. The maximum Gasteiger partial charge on any atom is 0.306 e. The van der Waals surface area contributed by atoms with Crippen molar-refractivity contribution in [3.63, 3.8) is 0 Å². The summed E-state index contributed by atoms with van der Waals surface area (Å²) >= 11 is 0. The van der Waals surface area contributed by atoms with E-state index >= 15 is 0 Å². The molecule has 0 aliphatic heterocycles. The maximum atomic E-state index is 12.9. The molecule has 0 aromatic heterocycles. The molecule has 0 aromatic rings. The van der Waals surface area contributed by atoms with Crippen LogP contribution in [0.15, 0.2) is 97.2 Å². The van der Waals surface area contributed by atoms with Crippen molar-refractivity contribution in [1.82, 2.24) is 0 Å². The topological polar surface area (TPSA) is 78.9 Å². The number of hydrogen-bond donors (Lipinski definition) is 0. The van der Waals surface area contributed by atoms with Gasteiger partial charge in [-0.1, -0.05) is 221 Å². The van der Waals surface area contributed by atoms with Gasteiger partial charge in [-0.15, -0.1) is 0 Å². The van der Waals surface area contributed by atoms with Crippen LogP contribution in [0.1, 0.15) is 265 Å². The third-order valence-corrected chi connectivity index (χ3v) is 12.0. The highest BCUT2D eigenvalue weighted by Gasteiger charge is 2.19. The third kappa shape index (κ3) is 55.1. The second-order valence-corrected chi connectivity index (χ2v) is 18.8. The van der Waals surface area contributed by atoms with E-state index in [0.29, 0.717) is 19.3 Å². The van der Waals surface area contributed by atoms with Crippen LogP contribution in [0.2, 0.25) is 0 Å². The van der Waals surface area contributed by atoms with Gasteiger partial charge < -0.3 is 14.2 Å². The van der Waals surface area contributed by atoms with Gasteiger partial charge in [0, 0.05) is 19.3 Å². The molecule has 0 aliphatic rings. The van der Waals surface area contributed by atoms with Crippen molar-refractivity contribution in [2.24, 2.45) is 0 Å². The molecule has 6 nitrogen and oxygen atoms in total. The van der Waals surface area contributed by atoms with Crippen molar-refractivity contribution in [2.45, 2.75) is 271 Å². The number of ether oxygens (including phenoxy) is 3. The monoisotopic (exact) mass is 959 g/mol. The van der Waals surface area contributed by atoms with Crippen LogP contribution in [0, 0.1) is 0 Å². The number of rotatable bonds is 51. The Labute approximate surface area is 426 Å². The van der Waals surface area contributed by atoms with Crippen molar-refractivity contribution in [1.29, 1.82) is 0 Å². The van der Waals surface area contributed by atoms with Gasteiger partial charge in [-0.2, -0.15) is 0 Å². The lowest BCUT2D eigenvalue weighted by molar-refractivity contribution is -0.167. The zero-order valence-electron chi connectivity index (χ0n) is 45.0. The quantitative estimate of drug-likeness (QED) is 0.0262. The second-order valence-electron chi connectivity index (χ2n) is 18.8. The molecular weight excluding hydrogens is 853 g/mol. The molecule has 0 aromatic carbocycles. The second kappa shape index (κ2) is 56.9. The number of carbonyl (C=O) groups is 3. The van der Waals surface area contributed by atoms with E-state index in [2.05, 4.69) is 118 Å². The summed E-state index contributed by atoms with van der Waals surface area (Å²) in [6.45, 7) is 6.44.